The maximum absolute atomic E-state index is 13.0. The van der Waals surface area contributed by atoms with Crippen LogP contribution in [0.25, 0.3) is 6.08 Å². The summed E-state index contributed by atoms with van der Waals surface area (Å²) in [6, 6.07) is 20.0. The number of hydrogen-bond donors (Lipinski definition) is 1. The minimum atomic E-state index is -3.50. The van der Waals surface area contributed by atoms with Gasteiger partial charge in [0.2, 0.25) is 15.9 Å². The Labute approximate surface area is 210 Å². The number of carbonyl (C=O) groups excluding carboxylic acids is 1. The predicted octanol–water partition coefficient (Wildman–Crippen LogP) is 4.29. The van der Waals surface area contributed by atoms with Crippen LogP contribution in [0.1, 0.15) is 49.8 Å². The lowest BCUT2D eigenvalue weighted by molar-refractivity contribution is -0.126. The van der Waals surface area contributed by atoms with E-state index in [1.54, 1.807) is 6.08 Å². The zero-order chi connectivity index (χ0) is 24.7. The van der Waals surface area contributed by atoms with E-state index < -0.39 is 10.0 Å². The molecule has 1 amide bonds. The summed E-state index contributed by atoms with van der Waals surface area (Å²) in [7, 11) is -3.50. The van der Waals surface area contributed by atoms with E-state index in [-0.39, 0.29) is 17.9 Å². The van der Waals surface area contributed by atoms with Gasteiger partial charge in [0.05, 0.1) is 6.04 Å². The van der Waals surface area contributed by atoms with Crippen molar-refractivity contribution in [2.24, 2.45) is 11.8 Å². The van der Waals surface area contributed by atoms with Gasteiger partial charge in [-0.25, -0.2) is 8.42 Å². The van der Waals surface area contributed by atoms with Crippen molar-refractivity contribution < 1.29 is 13.2 Å². The molecule has 35 heavy (non-hydrogen) atoms. The molecule has 4 rings (SSSR count). The largest absolute Gasteiger partial charge is 0.354 e. The number of carbonyl (C=O) groups is 1. The second kappa shape index (κ2) is 12.0. The average molecular weight is 496 g/mol. The van der Waals surface area contributed by atoms with Gasteiger partial charge in [-0.15, -0.1) is 0 Å². The number of benzene rings is 2. The molecule has 0 bridgehead atoms. The highest BCUT2D eigenvalue weighted by Gasteiger charge is 2.31. The number of piperidine rings is 2. The predicted molar refractivity (Wildman–Crippen MR) is 141 cm³/mol. The SMILES string of the molecule is CC1CCN(C(CNC(=O)C2CCN(S(=O)(=O)/C=C/c3ccccc3)CC2)c2ccccc2)CC1. The maximum Gasteiger partial charge on any atom is 0.236 e. The van der Waals surface area contributed by atoms with Gasteiger partial charge in [-0.1, -0.05) is 67.6 Å². The van der Waals surface area contributed by atoms with Crippen LogP contribution in [-0.4, -0.2) is 56.3 Å². The Morgan fingerprint density at radius 1 is 0.943 bits per heavy atom. The van der Waals surface area contributed by atoms with Crippen molar-refractivity contribution in [1.29, 1.82) is 0 Å². The summed E-state index contributed by atoms with van der Waals surface area (Å²) in [5.74, 6) is 0.631. The smallest absolute Gasteiger partial charge is 0.236 e. The van der Waals surface area contributed by atoms with E-state index >= 15 is 0 Å². The van der Waals surface area contributed by atoms with Crippen LogP contribution in [0.4, 0.5) is 0 Å². The summed E-state index contributed by atoms with van der Waals surface area (Å²) in [4.78, 5) is 15.5. The van der Waals surface area contributed by atoms with Gasteiger partial charge < -0.3 is 5.32 Å². The molecule has 2 aromatic carbocycles. The molecule has 2 aliphatic rings. The maximum atomic E-state index is 13.0. The minimum Gasteiger partial charge on any atom is -0.354 e. The second-order valence-electron chi connectivity index (χ2n) is 9.82. The lowest BCUT2D eigenvalue weighted by Gasteiger charge is -2.37. The Bertz CT molecular complexity index is 1070. The van der Waals surface area contributed by atoms with Crippen molar-refractivity contribution in [3.63, 3.8) is 0 Å². The fourth-order valence-corrected chi connectivity index (χ4v) is 6.22. The van der Waals surface area contributed by atoms with Gasteiger partial charge in [-0.3, -0.25) is 9.69 Å². The first-order valence-corrected chi connectivity index (χ1v) is 14.2. The first-order valence-electron chi connectivity index (χ1n) is 12.7. The first-order chi connectivity index (χ1) is 16.9. The van der Waals surface area contributed by atoms with E-state index in [0.29, 0.717) is 32.5 Å². The van der Waals surface area contributed by atoms with Crippen molar-refractivity contribution in [3.05, 3.63) is 77.2 Å². The number of nitrogens with zero attached hydrogens (tertiary/aromatic N) is 2. The van der Waals surface area contributed by atoms with Crippen LogP contribution in [0.15, 0.2) is 66.1 Å². The molecule has 0 saturated carbocycles. The number of amides is 1. The number of nitrogens with one attached hydrogen (secondary N) is 1. The number of rotatable bonds is 8. The molecule has 2 aliphatic heterocycles. The van der Waals surface area contributed by atoms with Crippen LogP contribution in [0, 0.1) is 11.8 Å². The van der Waals surface area contributed by atoms with Gasteiger partial charge in [-0.2, -0.15) is 4.31 Å². The van der Waals surface area contributed by atoms with Gasteiger partial charge in [0.25, 0.3) is 0 Å². The van der Waals surface area contributed by atoms with Gasteiger partial charge in [0.15, 0.2) is 0 Å². The van der Waals surface area contributed by atoms with Gasteiger partial charge in [0, 0.05) is 31.0 Å². The quantitative estimate of drug-likeness (QED) is 0.593. The third kappa shape index (κ3) is 7.03. The van der Waals surface area contributed by atoms with E-state index in [2.05, 4.69) is 41.4 Å². The highest BCUT2D eigenvalue weighted by molar-refractivity contribution is 7.92. The molecule has 1 N–H and O–H groups in total. The van der Waals surface area contributed by atoms with E-state index in [1.165, 1.54) is 28.1 Å². The molecule has 0 spiro atoms. The number of sulfonamides is 1. The van der Waals surface area contributed by atoms with Gasteiger partial charge in [0.1, 0.15) is 0 Å². The Morgan fingerprint density at radius 2 is 1.54 bits per heavy atom. The standard InChI is InChI=1S/C28H37N3O3S/c1-23-12-17-30(18-13-23)27(25-10-6-3-7-11-25)22-29-28(32)26-14-19-31(20-15-26)35(33,34)21-16-24-8-4-2-5-9-24/h2-11,16,21,23,26-27H,12-15,17-20,22H2,1H3,(H,29,32)/b21-16+. The van der Waals surface area contributed by atoms with E-state index in [9.17, 15) is 13.2 Å². The molecule has 1 unspecified atom stereocenters. The number of likely N-dealkylation sites (tertiary alicyclic amines) is 1. The van der Waals surface area contributed by atoms with Crippen molar-refractivity contribution in [1.82, 2.24) is 14.5 Å². The van der Waals surface area contributed by atoms with Crippen molar-refractivity contribution in [2.75, 3.05) is 32.7 Å². The topological polar surface area (TPSA) is 69.7 Å². The molecular formula is C28H37N3O3S. The molecule has 2 heterocycles. The first kappa shape index (κ1) is 25.6. The van der Waals surface area contributed by atoms with Crippen molar-refractivity contribution in [2.45, 2.75) is 38.6 Å². The Hall–Kier alpha value is -2.48. The minimum absolute atomic E-state index is 0.0354. The van der Waals surface area contributed by atoms with Crippen LogP contribution in [0.5, 0.6) is 0 Å². The van der Waals surface area contributed by atoms with Crippen molar-refractivity contribution >= 4 is 22.0 Å². The van der Waals surface area contributed by atoms with Gasteiger partial charge in [-0.05, 0) is 61.9 Å². The average Bonchev–Trinajstić information content (AvgIpc) is 2.90. The molecule has 2 aromatic rings. The summed E-state index contributed by atoms with van der Waals surface area (Å²) in [5.41, 5.74) is 2.08. The molecule has 0 aliphatic carbocycles. The van der Waals surface area contributed by atoms with Crippen LogP contribution >= 0.6 is 0 Å². The zero-order valence-electron chi connectivity index (χ0n) is 20.6. The molecule has 0 aromatic heterocycles. The van der Waals surface area contributed by atoms with Crippen LogP contribution in [-0.2, 0) is 14.8 Å². The summed E-state index contributed by atoms with van der Waals surface area (Å²) < 4.78 is 27.0. The molecule has 0 radical (unpaired) electrons. The van der Waals surface area contributed by atoms with Crippen LogP contribution in [0.2, 0.25) is 0 Å². The molecule has 188 valence electrons. The monoisotopic (exact) mass is 495 g/mol. The molecule has 2 saturated heterocycles. The van der Waals surface area contributed by atoms with E-state index in [4.69, 9.17) is 0 Å². The fourth-order valence-electron chi connectivity index (χ4n) is 5.00. The molecule has 2 fully saturated rings. The summed E-state index contributed by atoms with van der Waals surface area (Å²) in [6.07, 6.45) is 5.08. The fraction of sp³-hybridized carbons (Fsp3) is 0.464. The van der Waals surface area contributed by atoms with Crippen LogP contribution < -0.4 is 5.32 Å². The molecule has 1 atom stereocenters. The lowest BCUT2D eigenvalue weighted by Crippen LogP contribution is -2.45. The summed E-state index contributed by atoms with van der Waals surface area (Å²) in [6.45, 7) is 5.71. The van der Waals surface area contributed by atoms with Crippen LogP contribution in [0.3, 0.4) is 0 Å². The Morgan fingerprint density at radius 3 is 2.17 bits per heavy atom. The highest BCUT2D eigenvalue weighted by Crippen LogP contribution is 2.27. The Kier molecular flexibility index (Phi) is 8.76. The zero-order valence-corrected chi connectivity index (χ0v) is 21.4. The summed E-state index contributed by atoms with van der Waals surface area (Å²) in [5, 5.41) is 4.47. The Balaban J connectivity index is 1.31. The molecular weight excluding hydrogens is 458 g/mol. The van der Waals surface area contributed by atoms with E-state index in [0.717, 1.165) is 24.6 Å². The normalized spacial score (nSPS) is 20.1. The van der Waals surface area contributed by atoms with E-state index in [1.807, 2.05) is 36.4 Å². The summed E-state index contributed by atoms with van der Waals surface area (Å²) >= 11 is 0. The molecule has 6 nitrogen and oxygen atoms in total. The third-order valence-corrected chi connectivity index (χ3v) is 8.89. The third-order valence-electron chi connectivity index (χ3n) is 7.33. The highest BCUT2D eigenvalue weighted by atomic mass is 32.2. The lowest BCUT2D eigenvalue weighted by atomic mass is 9.95. The second-order valence-corrected chi connectivity index (χ2v) is 11.6. The molecule has 7 heteroatoms. The number of hydrogen-bond acceptors (Lipinski definition) is 4. The van der Waals surface area contributed by atoms with Gasteiger partial charge >= 0.3 is 0 Å². The van der Waals surface area contributed by atoms with Crippen molar-refractivity contribution in [3.8, 4) is 0 Å².